The van der Waals surface area contributed by atoms with Gasteiger partial charge in [-0.2, -0.15) is 0 Å². The average Bonchev–Trinajstić information content (AvgIpc) is 3.24. The van der Waals surface area contributed by atoms with Gasteiger partial charge in [-0.15, -0.1) is 11.3 Å². The maximum Gasteiger partial charge on any atom is 0.353 e. The Balaban J connectivity index is 1.58. The minimum absolute atomic E-state index is 0.0901. The van der Waals surface area contributed by atoms with E-state index in [-0.39, 0.29) is 17.3 Å². The number of Topliss-reactive ketones (excluding diaryl/α,β-unsaturated/α-hetero) is 1. The van der Waals surface area contributed by atoms with Gasteiger partial charge in [-0.05, 0) is 47.4 Å². The van der Waals surface area contributed by atoms with Crippen molar-refractivity contribution in [1.29, 1.82) is 0 Å². The van der Waals surface area contributed by atoms with Gasteiger partial charge >= 0.3 is 5.97 Å². The monoisotopic (exact) mass is 366 g/mol. The van der Waals surface area contributed by atoms with E-state index in [2.05, 4.69) is 0 Å². The molecule has 0 saturated carbocycles. The van der Waals surface area contributed by atoms with Crippen LogP contribution in [0.1, 0.15) is 25.6 Å². The zero-order chi connectivity index (χ0) is 18.1. The summed E-state index contributed by atoms with van der Waals surface area (Å²) in [5.41, 5.74) is 0.883. The van der Waals surface area contributed by atoms with E-state index in [0.29, 0.717) is 21.8 Å². The first-order valence-electron chi connectivity index (χ1n) is 7.70. The van der Waals surface area contributed by atoms with Gasteiger partial charge in [0.1, 0.15) is 22.2 Å². The van der Waals surface area contributed by atoms with Crippen LogP contribution in [-0.2, 0) is 0 Å². The molecule has 26 heavy (non-hydrogen) atoms. The number of allylic oxidation sites excluding steroid dienone is 1. The molecular formula is C20H11FO4S. The molecule has 1 aliphatic heterocycles. The summed E-state index contributed by atoms with van der Waals surface area (Å²) >= 11 is 1.28. The number of esters is 1. The van der Waals surface area contributed by atoms with Crippen LogP contribution in [0.3, 0.4) is 0 Å². The molecular weight excluding hydrogens is 355 g/mol. The molecule has 0 radical (unpaired) electrons. The largest absolute Gasteiger partial charge is 0.452 e. The molecule has 2 heterocycles. The summed E-state index contributed by atoms with van der Waals surface area (Å²) in [6, 6.07) is 13.8. The Hall–Kier alpha value is -3.25. The summed E-state index contributed by atoms with van der Waals surface area (Å²) in [5.74, 6) is -0.506. The number of hydrogen-bond acceptors (Lipinski definition) is 5. The Morgan fingerprint density at radius 1 is 1.12 bits per heavy atom. The van der Waals surface area contributed by atoms with Crippen LogP contribution in [0.2, 0.25) is 0 Å². The third-order valence-corrected chi connectivity index (χ3v) is 4.57. The van der Waals surface area contributed by atoms with Gasteiger partial charge in [0.25, 0.3) is 0 Å². The lowest BCUT2D eigenvalue weighted by Crippen LogP contribution is -2.06. The molecule has 0 aliphatic carbocycles. The lowest BCUT2D eigenvalue weighted by atomic mass is 10.1. The van der Waals surface area contributed by atoms with Crippen LogP contribution >= 0.6 is 11.3 Å². The van der Waals surface area contributed by atoms with Crippen LogP contribution in [0.5, 0.6) is 11.5 Å². The lowest BCUT2D eigenvalue weighted by Gasteiger charge is -2.04. The quantitative estimate of drug-likeness (QED) is 0.382. The molecule has 3 aromatic rings. The fourth-order valence-corrected chi connectivity index (χ4v) is 3.13. The fourth-order valence-electron chi connectivity index (χ4n) is 2.53. The number of ketones is 1. The van der Waals surface area contributed by atoms with Crippen molar-refractivity contribution in [3.05, 3.63) is 87.6 Å². The van der Waals surface area contributed by atoms with Crippen LogP contribution < -0.4 is 9.47 Å². The van der Waals surface area contributed by atoms with E-state index in [4.69, 9.17) is 9.47 Å². The molecule has 1 aromatic heterocycles. The van der Waals surface area contributed by atoms with E-state index >= 15 is 0 Å². The van der Waals surface area contributed by atoms with Gasteiger partial charge in [0.15, 0.2) is 5.76 Å². The molecule has 4 rings (SSSR count). The molecule has 0 saturated heterocycles. The van der Waals surface area contributed by atoms with Crippen molar-refractivity contribution in [1.82, 2.24) is 0 Å². The van der Waals surface area contributed by atoms with Crippen molar-refractivity contribution >= 4 is 29.2 Å². The molecule has 0 unspecified atom stereocenters. The first kappa shape index (κ1) is 16.2. The lowest BCUT2D eigenvalue weighted by molar-refractivity contribution is 0.0739. The van der Waals surface area contributed by atoms with Gasteiger partial charge in [0.05, 0.1) is 5.56 Å². The average molecular weight is 366 g/mol. The van der Waals surface area contributed by atoms with Crippen molar-refractivity contribution in [2.24, 2.45) is 0 Å². The van der Waals surface area contributed by atoms with Crippen molar-refractivity contribution in [3.63, 3.8) is 0 Å². The van der Waals surface area contributed by atoms with E-state index in [1.807, 2.05) is 0 Å². The molecule has 2 aromatic carbocycles. The van der Waals surface area contributed by atoms with Gasteiger partial charge in [-0.3, -0.25) is 4.79 Å². The number of halogens is 1. The second-order valence-corrected chi connectivity index (χ2v) is 6.47. The molecule has 1 aliphatic rings. The molecule has 128 valence electrons. The predicted octanol–water partition coefficient (Wildman–Crippen LogP) is 4.72. The van der Waals surface area contributed by atoms with Gasteiger partial charge in [-0.1, -0.05) is 18.2 Å². The van der Waals surface area contributed by atoms with Crippen LogP contribution in [0, 0.1) is 5.82 Å². The molecule has 4 nitrogen and oxygen atoms in total. The molecule has 0 amide bonds. The Morgan fingerprint density at radius 2 is 2.00 bits per heavy atom. The number of fused-ring (bicyclic) bond motifs is 1. The first-order valence-corrected chi connectivity index (χ1v) is 8.58. The highest BCUT2D eigenvalue weighted by Gasteiger charge is 2.28. The van der Waals surface area contributed by atoms with Crippen molar-refractivity contribution < 1.29 is 23.5 Å². The Kier molecular flexibility index (Phi) is 4.10. The number of rotatable bonds is 3. The molecule has 0 fully saturated rings. The molecule has 0 spiro atoms. The number of thiophene rings is 1. The van der Waals surface area contributed by atoms with Crippen molar-refractivity contribution in [3.8, 4) is 11.5 Å². The van der Waals surface area contributed by atoms with Crippen LogP contribution in [0.25, 0.3) is 6.08 Å². The number of benzene rings is 2. The first-order chi connectivity index (χ1) is 12.6. The van der Waals surface area contributed by atoms with Gasteiger partial charge in [0.2, 0.25) is 5.78 Å². The highest BCUT2D eigenvalue weighted by atomic mass is 32.1. The summed E-state index contributed by atoms with van der Waals surface area (Å²) in [6.45, 7) is 0. The third-order valence-electron chi connectivity index (χ3n) is 3.72. The second kappa shape index (κ2) is 6.57. The van der Waals surface area contributed by atoms with Crippen molar-refractivity contribution in [2.45, 2.75) is 0 Å². The highest BCUT2D eigenvalue weighted by molar-refractivity contribution is 7.12. The van der Waals surface area contributed by atoms with E-state index < -0.39 is 11.8 Å². The van der Waals surface area contributed by atoms with Gasteiger partial charge in [0, 0.05) is 6.07 Å². The van der Waals surface area contributed by atoms with E-state index in [1.54, 1.807) is 35.7 Å². The zero-order valence-corrected chi connectivity index (χ0v) is 14.1. The van der Waals surface area contributed by atoms with Crippen LogP contribution in [0.15, 0.2) is 65.7 Å². The minimum atomic E-state index is -0.472. The standard InChI is InChI=1S/C20H11FO4S/c21-13-4-1-3-12(9-13)10-17-19(22)15-7-6-14(11-16(15)25-17)24-20(23)18-5-2-8-26-18/h1-11H/b17-10-. The molecule has 0 N–H and O–H groups in total. The highest BCUT2D eigenvalue weighted by Crippen LogP contribution is 2.35. The zero-order valence-electron chi connectivity index (χ0n) is 13.3. The Labute approximate surface area is 152 Å². The van der Waals surface area contributed by atoms with Crippen LogP contribution in [-0.4, -0.2) is 11.8 Å². The maximum absolute atomic E-state index is 13.3. The molecule has 0 atom stereocenters. The summed E-state index contributed by atoms with van der Waals surface area (Å²) in [6.07, 6.45) is 1.47. The van der Waals surface area contributed by atoms with Crippen molar-refractivity contribution in [2.75, 3.05) is 0 Å². The number of carbonyl (C=O) groups excluding carboxylic acids is 2. The number of carbonyl (C=O) groups is 2. The fraction of sp³-hybridized carbons (Fsp3) is 0. The third kappa shape index (κ3) is 3.14. The maximum atomic E-state index is 13.3. The number of hydrogen-bond donors (Lipinski definition) is 0. The normalized spacial score (nSPS) is 14.2. The minimum Gasteiger partial charge on any atom is -0.452 e. The van der Waals surface area contributed by atoms with E-state index in [0.717, 1.165) is 0 Å². The smallest absolute Gasteiger partial charge is 0.353 e. The predicted molar refractivity (Wildman–Crippen MR) is 95.1 cm³/mol. The van der Waals surface area contributed by atoms with Crippen LogP contribution in [0.4, 0.5) is 4.39 Å². The SMILES string of the molecule is O=C(Oc1ccc2c(c1)O/C(=C\c1cccc(F)c1)C2=O)c1cccs1. The topological polar surface area (TPSA) is 52.6 Å². The summed E-state index contributed by atoms with van der Waals surface area (Å²) in [5, 5.41) is 1.78. The molecule has 0 bridgehead atoms. The number of ether oxygens (including phenoxy) is 2. The summed E-state index contributed by atoms with van der Waals surface area (Å²) in [7, 11) is 0. The van der Waals surface area contributed by atoms with Gasteiger partial charge in [-0.25, -0.2) is 9.18 Å². The summed E-state index contributed by atoms with van der Waals surface area (Å²) in [4.78, 5) is 24.9. The van der Waals surface area contributed by atoms with E-state index in [1.165, 1.54) is 41.7 Å². The van der Waals surface area contributed by atoms with Gasteiger partial charge < -0.3 is 9.47 Å². The summed E-state index contributed by atoms with van der Waals surface area (Å²) < 4.78 is 24.2. The van der Waals surface area contributed by atoms with E-state index in [9.17, 15) is 14.0 Å². The Morgan fingerprint density at radius 3 is 2.77 bits per heavy atom. The molecule has 6 heteroatoms. The second-order valence-electron chi connectivity index (χ2n) is 5.52. The Bertz CT molecular complexity index is 1040.